The Morgan fingerprint density at radius 3 is 2.68 bits per heavy atom. The molecule has 1 aliphatic heterocycles. The van der Waals surface area contributed by atoms with Crippen LogP contribution in [0.5, 0.6) is 0 Å². The van der Waals surface area contributed by atoms with Crippen LogP contribution < -0.4 is 10.6 Å². The number of alkyl halides is 3. The van der Waals surface area contributed by atoms with Crippen molar-refractivity contribution in [2.24, 2.45) is 4.99 Å². The zero-order chi connectivity index (χ0) is 16.0. The van der Waals surface area contributed by atoms with E-state index in [1.54, 1.807) is 0 Å². The van der Waals surface area contributed by atoms with Crippen molar-refractivity contribution in [1.82, 2.24) is 10.6 Å². The van der Waals surface area contributed by atoms with Crippen LogP contribution in [0, 0.1) is 0 Å². The van der Waals surface area contributed by atoms with Gasteiger partial charge in [0.2, 0.25) is 0 Å². The number of rotatable bonds is 3. The summed E-state index contributed by atoms with van der Waals surface area (Å²) in [6.45, 7) is 3.26. The molecule has 3 rings (SSSR count). The van der Waals surface area contributed by atoms with Crippen molar-refractivity contribution in [2.45, 2.75) is 37.4 Å². The summed E-state index contributed by atoms with van der Waals surface area (Å²) in [5, 5.41) is 6.77. The molecule has 1 heterocycles. The number of benzene rings is 1. The Kier molecular flexibility index (Phi) is 3.75. The number of nitrogens with one attached hydrogen (secondary N) is 2. The number of hydrogen-bond acceptors (Lipinski definition) is 3. The molecule has 1 saturated carbocycles. The molecule has 22 heavy (non-hydrogen) atoms. The average molecular weight is 332 g/mol. The quantitative estimate of drug-likeness (QED) is 0.891. The lowest BCUT2D eigenvalue weighted by Gasteiger charge is -2.20. The number of nitrogens with zero attached hydrogens (tertiary/aromatic N) is 1. The Balaban J connectivity index is 1.78. The van der Waals surface area contributed by atoms with Gasteiger partial charge in [0.25, 0.3) is 0 Å². The third-order valence-electron chi connectivity index (χ3n) is 4.22. The third-order valence-corrected chi connectivity index (χ3v) is 4.55. The number of aliphatic imine (C=N–C) groups is 1. The van der Waals surface area contributed by atoms with Crippen LogP contribution in [0.2, 0.25) is 5.02 Å². The van der Waals surface area contributed by atoms with Crippen LogP contribution in [0.4, 0.5) is 13.2 Å². The predicted octanol–water partition coefficient (Wildman–Crippen LogP) is 3.33. The molecule has 0 spiro atoms. The fraction of sp³-hybridized carbons (Fsp3) is 0.533. The van der Waals surface area contributed by atoms with E-state index in [0.717, 1.165) is 18.9 Å². The first-order valence-corrected chi connectivity index (χ1v) is 7.60. The number of halogens is 4. The molecule has 0 bridgehead atoms. The van der Waals surface area contributed by atoms with Crippen LogP contribution in [0.15, 0.2) is 23.2 Å². The molecule has 1 aromatic rings. The topological polar surface area (TPSA) is 36.4 Å². The van der Waals surface area contributed by atoms with E-state index in [2.05, 4.69) is 15.6 Å². The molecule has 2 aliphatic rings. The lowest BCUT2D eigenvalue weighted by Crippen LogP contribution is -2.41. The Hall–Kier alpha value is -1.43. The molecule has 2 N–H and O–H groups in total. The van der Waals surface area contributed by atoms with Crippen molar-refractivity contribution in [1.29, 1.82) is 0 Å². The summed E-state index contributed by atoms with van der Waals surface area (Å²) in [7, 11) is 0. The van der Waals surface area contributed by atoms with E-state index in [1.807, 2.05) is 6.92 Å². The smallest absolute Gasteiger partial charge is 0.356 e. The minimum absolute atomic E-state index is 0.287. The molecule has 0 radical (unpaired) electrons. The molecule has 1 unspecified atom stereocenters. The van der Waals surface area contributed by atoms with Crippen molar-refractivity contribution in [3.05, 3.63) is 34.3 Å². The highest BCUT2D eigenvalue weighted by Crippen LogP contribution is 2.51. The Morgan fingerprint density at radius 1 is 1.41 bits per heavy atom. The number of guanidine groups is 1. The first kappa shape index (κ1) is 15.5. The maximum atomic E-state index is 12.9. The SMILES string of the molecule is CC1CN=C(NCC2(c3cc(C(F)(F)F)ccc3Cl)CC2)N1. The van der Waals surface area contributed by atoms with Crippen LogP contribution in [0.1, 0.15) is 30.9 Å². The second-order valence-corrected chi connectivity index (χ2v) is 6.47. The van der Waals surface area contributed by atoms with Gasteiger partial charge in [-0.3, -0.25) is 4.99 Å². The summed E-state index contributed by atoms with van der Waals surface area (Å²) in [6, 6.07) is 3.84. The van der Waals surface area contributed by atoms with E-state index in [-0.39, 0.29) is 11.5 Å². The van der Waals surface area contributed by atoms with Gasteiger partial charge in [-0.05, 0) is 43.5 Å². The third kappa shape index (κ3) is 3.02. The fourth-order valence-electron chi connectivity index (χ4n) is 2.71. The lowest BCUT2D eigenvalue weighted by molar-refractivity contribution is -0.137. The molecule has 7 heteroatoms. The molecule has 1 aromatic carbocycles. The van der Waals surface area contributed by atoms with Gasteiger partial charge in [0, 0.05) is 23.0 Å². The monoisotopic (exact) mass is 331 g/mol. The van der Waals surface area contributed by atoms with E-state index < -0.39 is 11.7 Å². The van der Waals surface area contributed by atoms with Gasteiger partial charge in [0.1, 0.15) is 0 Å². The van der Waals surface area contributed by atoms with Crippen LogP contribution in [-0.4, -0.2) is 25.1 Å². The molecule has 120 valence electrons. The average Bonchev–Trinajstić information content (AvgIpc) is 3.11. The van der Waals surface area contributed by atoms with Crippen molar-refractivity contribution >= 4 is 17.6 Å². The van der Waals surface area contributed by atoms with Crippen LogP contribution in [-0.2, 0) is 11.6 Å². The second-order valence-electron chi connectivity index (χ2n) is 6.06. The number of hydrogen-bond donors (Lipinski definition) is 2. The summed E-state index contributed by atoms with van der Waals surface area (Å²) in [4.78, 5) is 4.30. The Morgan fingerprint density at radius 2 is 2.14 bits per heavy atom. The summed E-state index contributed by atoms with van der Waals surface area (Å²) in [6.07, 6.45) is -2.71. The maximum absolute atomic E-state index is 12.9. The minimum atomic E-state index is -4.35. The Bertz CT molecular complexity index is 609. The van der Waals surface area contributed by atoms with Gasteiger partial charge in [-0.2, -0.15) is 13.2 Å². The maximum Gasteiger partial charge on any atom is 0.416 e. The van der Waals surface area contributed by atoms with Crippen LogP contribution >= 0.6 is 11.6 Å². The van der Waals surface area contributed by atoms with Crippen molar-refractivity contribution in [2.75, 3.05) is 13.1 Å². The standard InChI is InChI=1S/C15H17ClF3N3/c1-9-7-20-13(22-9)21-8-14(4-5-14)11-6-10(15(17,18)19)2-3-12(11)16/h2-3,6,9H,4-5,7-8H2,1H3,(H2,20,21,22). The highest BCUT2D eigenvalue weighted by atomic mass is 35.5. The normalized spacial score (nSPS) is 23.0. The molecular formula is C15H17ClF3N3. The van der Waals surface area contributed by atoms with Gasteiger partial charge in [-0.25, -0.2) is 0 Å². The summed E-state index contributed by atoms with van der Waals surface area (Å²) in [5.41, 5.74) is -0.403. The van der Waals surface area contributed by atoms with Gasteiger partial charge in [0.15, 0.2) is 5.96 Å². The molecule has 3 nitrogen and oxygen atoms in total. The molecule has 1 fully saturated rings. The summed E-state index contributed by atoms with van der Waals surface area (Å²) < 4.78 is 38.7. The molecule has 1 atom stereocenters. The second kappa shape index (κ2) is 5.33. The highest BCUT2D eigenvalue weighted by molar-refractivity contribution is 6.31. The van der Waals surface area contributed by atoms with Crippen LogP contribution in [0.25, 0.3) is 0 Å². The molecule has 0 aromatic heterocycles. The van der Waals surface area contributed by atoms with Gasteiger partial charge < -0.3 is 10.6 Å². The van der Waals surface area contributed by atoms with E-state index in [0.29, 0.717) is 29.6 Å². The minimum Gasteiger partial charge on any atom is -0.356 e. The molecule has 0 saturated heterocycles. The van der Waals surface area contributed by atoms with Crippen molar-refractivity contribution in [3.8, 4) is 0 Å². The van der Waals surface area contributed by atoms with E-state index in [9.17, 15) is 13.2 Å². The van der Waals surface area contributed by atoms with Gasteiger partial charge in [-0.15, -0.1) is 0 Å². The molecule has 0 amide bonds. The van der Waals surface area contributed by atoms with E-state index in [4.69, 9.17) is 11.6 Å². The zero-order valence-electron chi connectivity index (χ0n) is 12.1. The first-order valence-electron chi connectivity index (χ1n) is 7.22. The van der Waals surface area contributed by atoms with Gasteiger partial charge in [0.05, 0.1) is 12.1 Å². The molecule has 1 aliphatic carbocycles. The summed E-state index contributed by atoms with van der Waals surface area (Å²) in [5.74, 6) is 0.710. The molecular weight excluding hydrogens is 315 g/mol. The van der Waals surface area contributed by atoms with E-state index >= 15 is 0 Å². The highest BCUT2D eigenvalue weighted by Gasteiger charge is 2.46. The first-order chi connectivity index (χ1) is 10.3. The van der Waals surface area contributed by atoms with E-state index in [1.165, 1.54) is 12.1 Å². The zero-order valence-corrected chi connectivity index (χ0v) is 12.9. The van der Waals surface area contributed by atoms with Crippen molar-refractivity contribution < 1.29 is 13.2 Å². The van der Waals surface area contributed by atoms with Gasteiger partial charge in [-0.1, -0.05) is 11.6 Å². The van der Waals surface area contributed by atoms with Crippen molar-refractivity contribution in [3.63, 3.8) is 0 Å². The van der Waals surface area contributed by atoms with Gasteiger partial charge >= 0.3 is 6.18 Å². The Labute approximate surface area is 131 Å². The fourth-order valence-corrected chi connectivity index (χ4v) is 3.03. The largest absolute Gasteiger partial charge is 0.416 e. The predicted molar refractivity (Wildman–Crippen MR) is 80.3 cm³/mol. The lowest BCUT2D eigenvalue weighted by atomic mass is 9.94. The van der Waals surface area contributed by atoms with Crippen LogP contribution in [0.3, 0.4) is 0 Å². The summed E-state index contributed by atoms with van der Waals surface area (Å²) >= 11 is 6.15.